The van der Waals surface area contributed by atoms with E-state index in [4.69, 9.17) is 4.74 Å². The molecule has 0 heterocycles. The second-order valence-corrected chi connectivity index (χ2v) is 6.76. The molecule has 106 valence electrons. The number of ether oxygens (including phenoxy) is 1. The summed E-state index contributed by atoms with van der Waals surface area (Å²) in [7, 11) is -3.10. The topological polar surface area (TPSA) is 72.5 Å². The second kappa shape index (κ2) is 7.13. The van der Waals surface area contributed by atoms with Gasteiger partial charge in [0.1, 0.15) is 6.61 Å². The molecule has 1 amide bonds. The van der Waals surface area contributed by atoms with Gasteiger partial charge in [0.25, 0.3) is 0 Å². The van der Waals surface area contributed by atoms with Crippen LogP contribution in [0.4, 0.5) is 4.79 Å². The summed E-state index contributed by atoms with van der Waals surface area (Å²) in [5, 5.41) is 2.66. The molecule has 1 atom stereocenters. The van der Waals surface area contributed by atoms with Crippen LogP contribution in [0.15, 0.2) is 30.3 Å². The summed E-state index contributed by atoms with van der Waals surface area (Å²) < 4.78 is 26.5. The minimum absolute atomic E-state index is 0.0758. The number of benzene rings is 1. The largest absolute Gasteiger partial charge is 0.448 e. The zero-order chi connectivity index (χ0) is 14.3. The number of hydrogen-bond donors (Lipinski definition) is 1. The molecule has 1 aromatic carbocycles. The molecule has 0 aliphatic rings. The third-order valence-electron chi connectivity index (χ3n) is 2.44. The van der Waals surface area contributed by atoms with Crippen LogP contribution in [0, 0.1) is 0 Å². The molecule has 0 fully saturated rings. The van der Waals surface area contributed by atoms with Gasteiger partial charge >= 0.3 is 6.09 Å². The van der Waals surface area contributed by atoms with E-state index in [2.05, 4.69) is 5.32 Å². The maximum Gasteiger partial charge on any atom is 0.407 e. The van der Waals surface area contributed by atoms with Crippen molar-refractivity contribution >= 4 is 15.9 Å². The molecule has 1 rings (SSSR count). The number of alkyl carbamates (subject to hydrolysis) is 1. The van der Waals surface area contributed by atoms with Crippen molar-refractivity contribution in [2.45, 2.75) is 19.4 Å². The molecule has 0 aliphatic heterocycles. The lowest BCUT2D eigenvalue weighted by atomic mass is 10.1. The molecule has 1 aromatic rings. The van der Waals surface area contributed by atoms with Crippen molar-refractivity contribution in [3.63, 3.8) is 0 Å². The minimum Gasteiger partial charge on any atom is -0.448 e. The van der Waals surface area contributed by atoms with E-state index >= 15 is 0 Å². The lowest BCUT2D eigenvalue weighted by Crippen LogP contribution is -2.35. The van der Waals surface area contributed by atoms with E-state index in [1.807, 2.05) is 37.3 Å². The van der Waals surface area contributed by atoms with Crippen LogP contribution in [0.2, 0.25) is 0 Å². The molecule has 5 nitrogen and oxygen atoms in total. The van der Waals surface area contributed by atoms with Crippen molar-refractivity contribution in [2.75, 3.05) is 18.6 Å². The Hall–Kier alpha value is -1.56. The molecule has 0 spiro atoms. The van der Waals surface area contributed by atoms with Gasteiger partial charge in [0.2, 0.25) is 0 Å². The van der Waals surface area contributed by atoms with E-state index in [1.165, 1.54) is 0 Å². The van der Waals surface area contributed by atoms with Crippen molar-refractivity contribution in [3.05, 3.63) is 35.9 Å². The van der Waals surface area contributed by atoms with Gasteiger partial charge in [-0.1, -0.05) is 30.3 Å². The van der Waals surface area contributed by atoms with Crippen LogP contribution >= 0.6 is 0 Å². The first-order valence-electron chi connectivity index (χ1n) is 6.02. The number of sulfone groups is 1. The fraction of sp³-hybridized carbons (Fsp3) is 0.462. The van der Waals surface area contributed by atoms with Gasteiger partial charge in [-0.2, -0.15) is 0 Å². The zero-order valence-corrected chi connectivity index (χ0v) is 11.9. The molecule has 0 radical (unpaired) electrons. The summed E-state index contributed by atoms with van der Waals surface area (Å²) in [5.74, 6) is -0.159. The van der Waals surface area contributed by atoms with Crippen LogP contribution < -0.4 is 5.32 Å². The predicted octanol–water partition coefficient (Wildman–Crippen LogP) is 1.39. The highest BCUT2D eigenvalue weighted by Gasteiger charge is 2.10. The van der Waals surface area contributed by atoms with Gasteiger partial charge in [0.05, 0.1) is 5.75 Å². The Morgan fingerprint density at radius 2 is 1.95 bits per heavy atom. The Labute approximate surface area is 113 Å². The Kier molecular flexibility index (Phi) is 5.82. The number of amides is 1. The molecule has 0 bridgehead atoms. The number of carbonyl (C=O) groups is 1. The average Bonchev–Trinajstić information content (AvgIpc) is 2.28. The summed E-state index contributed by atoms with van der Waals surface area (Å²) in [4.78, 5) is 11.4. The molecule has 0 saturated carbocycles. The Morgan fingerprint density at radius 3 is 2.53 bits per heavy atom. The van der Waals surface area contributed by atoms with Crippen molar-refractivity contribution in [3.8, 4) is 0 Å². The van der Waals surface area contributed by atoms with E-state index in [1.54, 1.807) is 0 Å². The highest BCUT2D eigenvalue weighted by molar-refractivity contribution is 7.90. The van der Waals surface area contributed by atoms with Gasteiger partial charge in [-0.25, -0.2) is 13.2 Å². The van der Waals surface area contributed by atoms with E-state index in [0.29, 0.717) is 6.42 Å². The predicted molar refractivity (Wildman–Crippen MR) is 73.8 cm³/mol. The molecule has 6 heteroatoms. The SMILES string of the molecule is C[C@@H](Cc1ccccc1)NC(=O)OCCS(C)(=O)=O. The summed E-state index contributed by atoms with van der Waals surface area (Å²) in [6.45, 7) is 1.74. The van der Waals surface area contributed by atoms with E-state index in [9.17, 15) is 13.2 Å². The highest BCUT2D eigenvalue weighted by atomic mass is 32.2. The van der Waals surface area contributed by atoms with Gasteiger partial charge in [-0.15, -0.1) is 0 Å². The van der Waals surface area contributed by atoms with Crippen LogP contribution in [0.5, 0.6) is 0 Å². The standard InChI is InChI=1S/C13H19NO4S/c1-11(10-12-6-4-3-5-7-12)14-13(15)18-8-9-19(2,16)17/h3-7,11H,8-10H2,1-2H3,(H,14,15)/t11-/m0/s1. The number of nitrogens with one attached hydrogen (secondary N) is 1. The van der Waals surface area contributed by atoms with Crippen LogP contribution in [0.3, 0.4) is 0 Å². The van der Waals surface area contributed by atoms with Crippen LogP contribution in [-0.4, -0.2) is 39.2 Å². The van der Waals surface area contributed by atoms with Gasteiger partial charge < -0.3 is 10.1 Å². The molecule has 0 saturated heterocycles. The van der Waals surface area contributed by atoms with Crippen LogP contribution in [0.25, 0.3) is 0 Å². The molecule has 19 heavy (non-hydrogen) atoms. The van der Waals surface area contributed by atoms with Crippen molar-refractivity contribution in [2.24, 2.45) is 0 Å². The van der Waals surface area contributed by atoms with Gasteiger partial charge in [0.15, 0.2) is 9.84 Å². The maximum absolute atomic E-state index is 11.4. The average molecular weight is 285 g/mol. The fourth-order valence-electron chi connectivity index (χ4n) is 1.55. The molecular weight excluding hydrogens is 266 g/mol. The summed E-state index contributed by atoms with van der Waals surface area (Å²) in [5.41, 5.74) is 1.12. The third-order valence-corrected chi connectivity index (χ3v) is 3.34. The zero-order valence-electron chi connectivity index (χ0n) is 11.1. The summed E-state index contributed by atoms with van der Waals surface area (Å²) in [6.07, 6.45) is 1.21. The van der Waals surface area contributed by atoms with E-state index in [0.717, 1.165) is 11.8 Å². The molecule has 1 N–H and O–H groups in total. The lowest BCUT2D eigenvalue weighted by molar-refractivity contribution is 0.149. The van der Waals surface area contributed by atoms with Crippen molar-refractivity contribution in [1.82, 2.24) is 5.32 Å². The molecule has 0 aromatic heterocycles. The monoisotopic (exact) mass is 285 g/mol. The van der Waals surface area contributed by atoms with Crippen molar-refractivity contribution < 1.29 is 17.9 Å². The Morgan fingerprint density at radius 1 is 1.32 bits per heavy atom. The first-order chi connectivity index (χ1) is 8.87. The fourth-order valence-corrected chi connectivity index (χ4v) is 1.93. The highest BCUT2D eigenvalue weighted by Crippen LogP contribution is 2.02. The number of rotatable bonds is 6. The summed E-state index contributed by atoms with van der Waals surface area (Å²) >= 11 is 0. The van der Waals surface area contributed by atoms with E-state index < -0.39 is 15.9 Å². The molecular formula is C13H19NO4S. The normalized spacial score (nSPS) is 12.7. The van der Waals surface area contributed by atoms with E-state index in [-0.39, 0.29) is 18.4 Å². The first-order valence-corrected chi connectivity index (χ1v) is 8.08. The Balaban J connectivity index is 2.28. The minimum atomic E-state index is -3.10. The molecule has 0 unspecified atom stereocenters. The quantitative estimate of drug-likeness (QED) is 0.857. The maximum atomic E-state index is 11.4. The van der Waals surface area contributed by atoms with Gasteiger partial charge in [-0.05, 0) is 18.9 Å². The Bertz CT molecular complexity index is 499. The van der Waals surface area contributed by atoms with Gasteiger partial charge in [0, 0.05) is 12.3 Å². The number of hydrogen-bond acceptors (Lipinski definition) is 4. The third kappa shape index (κ3) is 7.46. The van der Waals surface area contributed by atoms with Crippen LogP contribution in [0.1, 0.15) is 12.5 Å². The summed E-state index contributed by atoms with van der Waals surface area (Å²) in [6, 6.07) is 9.69. The van der Waals surface area contributed by atoms with Gasteiger partial charge in [-0.3, -0.25) is 0 Å². The smallest absolute Gasteiger partial charge is 0.407 e. The molecule has 0 aliphatic carbocycles. The number of carbonyl (C=O) groups excluding carboxylic acids is 1. The lowest BCUT2D eigenvalue weighted by Gasteiger charge is -2.13. The first kappa shape index (κ1) is 15.5. The van der Waals surface area contributed by atoms with Crippen LogP contribution in [-0.2, 0) is 21.0 Å². The van der Waals surface area contributed by atoms with Crippen molar-refractivity contribution in [1.29, 1.82) is 0 Å². The second-order valence-electron chi connectivity index (χ2n) is 4.50.